The molecule has 0 aliphatic rings. The summed E-state index contributed by atoms with van der Waals surface area (Å²) in [6.45, 7) is 6.14. The van der Waals surface area contributed by atoms with Gasteiger partial charge in [-0.25, -0.2) is 0 Å². The quantitative estimate of drug-likeness (QED) is 0.0322. The average Bonchev–Trinajstić information content (AvgIpc) is 3.29. The minimum atomic E-state index is -0.830. The summed E-state index contributed by atoms with van der Waals surface area (Å²) in [7, 11) is 0. The van der Waals surface area contributed by atoms with E-state index in [2.05, 4.69) is 44.3 Å². The highest BCUT2D eigenvalue weighted by molar-refractivity contribution is 5.77. The molecule has 0 fully saturated rings. The van der Waals surface area contributed by atoms with Crippen molar-refractivity contribution >= 4 is 11.9 Å². The molecule has 0 aromatic carbocycles. The lowest BCUT2D eigenvalue weighted by Crippen LogP contribution is -2.46. The van der Waals surface area contributed by atoms with Gasteiger partial charge in [0.2, 0.25) is 5.91 Å². The van der Waals surface area contributed by atoms with E-state index >= 15 is 0 Å². The summed E-state index contributed by atoms with van der Waals surface area (Å²) in [5, 5.41) is 23.8. The van der Waals surface area contributed by atoms with E-state index in [0.717, 1.165) is 51.4 Å². The van der Waals surface area contributed by atoms with E-state index in [9.17, 15) is 19.8 Å². The Bertz CT molecular complexity index is 1410. The summed E-state index contributed by atoms with van der Waals surface area (Å²) in [5.74, 6) is -0.652. The molecule has 0 rings (SSSR count). The number of ether oxygens (including phenoxy) is 1. The van der Waals surface area contributed by atoms with Crippen molar-refractivity contribution in [1.82, 2.24) is 5.32 Å². The summed E-state index contributed by atoms with van der Waals surface area (Å²) < 4.78 is 5.84. The first kappa shape index (κ1) is 60.0. The molecular formula is C58H93NO5. The van der Waals surface area contributed by atoms with Crippen LogP contribution in [-0.4, -0.2) is 46.9 Å². The lowest BCUT2D eigenvalue weighted by atomic mass is 10.0. The second-order valence-electron chi connectivity index (χ2n) is 16.7. The van der Waals surface area contributed by atoms with E-state index in [0.29, 0.717) is 19.3 Å². The van der Waals surface area contributed by atoms with Crippen molar-refractivity contribution in [2.45, 2.75) is 212 Å². The van der Waals surface area contributed by atoms with Crippen LogP contribution in [0.15, 0.2) is 134 Å². The van der Waals surface area contributed by atoms with Crippen molar-refractivity contribution in [3.05, 3.63) is 134 Å². The van der Waals surface area contributed by atoms with Gasteiger partial charge in [-0.2, -0.15) is 0 Å². The Balaban J connectivity index is 4.79. The summed E-state index contributed by atoms with van der Waals surface area (Å²) in [5.41, 5.74) is 0. The van der Waals surface area contributed by atoms with Crippen LogP contribution in [-0.2, 0) is 14.3 Å². The molecule has 0 spiro atoms. The van der Waals surface area contributed by atoms with E-state index in [1.807, 2.05) is 115 Å². The minimum absolute atomic E-state index is 0.0115. The maximum atomic E-state index is 13.2. The number of esters is 1. The van der Waals surface area contributed by atoms with E-state index < -0.39 is 18.2 Å². The zero-order chi connectivity index (χ0) is 46.7. The van der Waals surface area contributed by atoms with Crippen molar-refractivity contribution in [3.63, 3.8) is 0 Å². The Kier molecular flexibility index (Phi) is 46.9. The Morgan fingerprint density at radius 2 is 0.844 bits per heavy atom. The van der Waals surface area contributed by atoms with Crippen LogP contribution in [0.5, 0.6) is 0 Å². The van der Waals surface area contributed by atoms with E-state index in [-0.39, 0.29) is 31.3 Å². The number of carbonyl (C=O) groups is 2. The maximum absolute atomic E-state index is 13.2. The van der Waals surface area contributed by atoms with Crippen LogP contribution >= 0.6 is 0 Å². The standard InChI is InChI=1S/C58H93NO5/c1-4-7-10-13-16-19-22-25-27-28-30-33-35-38-41-44-47-50-56(61)55(53-60)59-57(62)52-54(49-46-43-40-37-34-32-29-26-23-20-17-14-11-8-5-2)64-58(63)51-48-45-42-39-36-31-24-21-18-15-12-9-6-3/h8-9,11-12,14-15,17-18,20-21,23-24,26,29,31-32,34,36-37,39-40,42,54-56,60-61H,4-7,10,13,16,19,22,25,27-28,30,33,35,38,41,43-53H2,1-3H3,(H,59,62)/b11-8-,12-9+,17-14+,18-15+,23-20+,24-21-,29-26-,34-32+,36-31-,40-37+,42-39+. The van der Waals surface area contributed by atoms with E-state index in [4.69, 9.17) is 4.74 Å². The van der Waals surface area contributed by atoms with Gasteiger partial charge in [-0.15, -0.1) is 0 Å². The van der Waals surface area contributed by atoms with Gasteiger partial charge in [-0.3, -0.25) is 9.59 Å². The van der Waals surface area contributed by atoms with Crippen molar-refractivity contribution in [2.75, 3.05) is 6.61 Å². The van der Waals surface area contributed by atoms with Crippen molar-refractivity contribution in [1.29, 1.82) is 0 Å². The molecule has 0 radical (unpaired) electrons. The number of nitrogens with one attached hydrogen (secondary N) is 1. The third kappa shape index (κ3) is 44.6. The first-order valence-corrected chi connectivity index (χ1v) is 25.6. The smallest absolute Gasteiger partial charge is 0.306 e. The predicted octanol–water partition coefficient (Wildman–Crippen LogP) is 15.4. The van der Waals surface area contributed by atoms with Gasteiger partial charge in [0.15, 0.2) is 0 Å². The van der Waals surface area contributed by atoms with Gasteiger partial charge < -0.3 is 20.3 Å². The number of hydrogen-bond donors (Lipinski definition) is 3. The second-order valence-corrected chi connectivity index (χ2v) is 16.7. The molecule has 0 saturated heterocycles. The molecule has 0 aliphatic carbocycles. The van der Waals surface area contributed by atoms with Gasteiger partial charge in [-0.1, -0.05) is 264 Å². The fourth-order valence-corrected chi connectivity index (χ4v) is 6.97. The molecule has 1 amide bonds. The van der Waals surface area contributed by atoms with Gasteiger partial charge >= 0.3 is 5.97 Å². The zero-order valence-electron chi connectivity index (χ0n) is 40.9. The highest BCUT2D eigenvalue weighted by atomic mass is 16.5. The topological polar surface area (TPSA) is 95.9 Å². The SMILES string of the molecule is CC\C=C/C=C/C=C/C=C\C=C\C=C\CCCC(CC(=O)NC(CO)C(O)CCCCCCCCCCCCCCCCCCC)OC(=O)CCC/C=C/C=C\C=C/C=C/C=C/CC. The molecule has 0 aromatic heterocycles. The Morgan fingerprint density at radius 3 is 1.25 bits per heavy atom. The molecule has 6 heteroatoms. The number of aliphatic hydroxyl groups is 2. The van der Waals surface area contributed by atoms with E-state index in [1.165, 1.54) is 89.9 Å². The third-order valence-corrected chi connectivity index (χ3v) is 10.8. The molecule has 0 bridgehead atoms. The van der Waals surface area contributed by atoms with Crippen LogP contribution in [0.25, 0.3) is 0 Å². The number of unbranched alkanes of at least 4 members (excludes halogenated alkanes) is 18. The predicted molar refractivity (Wildman–Crippen MR) is 277 cm³/mol. The third-order valence-electron chi connectivity index (χ3n) is 10.8. The number of hydrogen-bond acceptors (Lipinski definition) is 5. The Hall–Kier alpha value is -4.00. The largest absolute Gasteiger partial charge is 0.462 e. The number of rotatable bonds is 43. The molecule has 0 heterocycles. The number of allylic oxidation sites excluding steroid dienone is 22. The molecular weight excluding hydrogens is 791 g/mol. The summed E-state index contributed by atoms with van der Waals surface area (Å²) in [6, 6.07) is -0.751. The molecule has 0 aliphatic heterocycles. The van der Waals surface area contributed by atoms with Crippen LogP contribution in [0, 0.1) is 0 Å². The van der Waals surface area contributed by atoms with Crippen LogP contribution in [0.1, 0.15) is 194 Å². The van der Waals surface area contributed by atoms with Crippen LogP contribution < -0.4 is 5.32 Å². The molecule has 3 unspecified atom stereocenters. The Labute approximate surface area is 393 Å². The first-order valence-electron chi connectivity index (χ1n) is 25.6. The molecule has 3 N–H and O–H groups in total. The van der Waals surface area contributed by atoms with Crippen LogP contribution in [0.2, 0.25) is 0 Å². The molecule has 0 saturated carbocycles. The van der Waals surface area contributed by atoms with Gasteiger partial charge in [0.25, 0.3) is 0 Å². The maximum Gasteiger partial charge on any atom is 0.306 e. The van der Waals surface area contributed by atoms with Crippen LogP contribution in [0.4, 0.5) is 0 Å². The molecule has 0 aromatic rings. The van der Waals surface area contributed by atoms with Gasteiger partial charge in [0.05, 0.1) is 25.2 Å². The van der Waals surface area contributed by atoms with Crippen LogP contribution in [0.3, 0.4) is 0 Å². The summed E-state index contributed by atoms with van der Waals surface area (Å²) in [4.78, 5) is 26.1. The summed E-state index contributed by atoms with van der Waals surface area (Å²) >= 11 is 0. The summed E-state index contributed by atoms with van der Waals surface area (Å²) in [6.07, 6.45) is 70.9. The molecule has 3 atom stereocenters. The van der Waals surface area contributed by atoms with Gasteiger partial charge in [-0.05, 0) is 51.4 Å². The lowest BCUT2D eigenvalue weighted by molar-refractivity contribution is -0.151. The molecule has 64 heavy (non-hydrogen) atoms. The molecule has 360 valence electrons. The normalized spacial score (nSPS) is 14.4. The second kappa shape index (κ2) is 50.0. The number of aliphatic hydroxyl groups excluding tert-OH is 2. The number of carbonyl (C=O) groups excluding carboxylic acids is 2. The highest BCUT2D eigenvalue weighted by Crippen LogP contribution is 2.16. The monoisotopic (exact) mass is 884 g/mol. The number of amides is 1. The van der Waals surface area contributed by atoms with Gasteiger partial charge in [0, 0.05) is 6.42 Å². The van der Waals surface area contributed by atoms with Crippen molar-refractivity contribution in [3.8, 4) is 0 Å². The van der Waals surface area contributed by atoms with Gasteiger partial charge in [0.1, 0.15) is 6.10 Å². The average molecular weight is 884 g/mol. The highest BCUT2D eigenvalue weighted by Gasteiger charge is 2.24. The first-order chi connectivity index (χ1) is 31.5. The minimum Gasteiger partial charge on any atom is -0.462 e. The van der Waals surface area contributed by atoms with Crippen molar-refractivity contribution < 1.29 is 24.5 Å². The Morgan fingerprint density at radius 1 is 0.469 bits per heavy atom. The fraction of sp³-hybridized carbons (Fsp3) is 0.586. The lowest BCUT2D eigenvalue weighted by Gasteiger charge is -2.24. The zero-order valence-corrected chi connectivity index (χ0v) is 40.9. The van der Waals surface area contributed by atoms with E-state index in [1.54, 1.807) is 0 Å². The van der Waals surface area contributed by atoms with Crippen molar-refractivity contribution in [2.24, 2.45) is 0 Å². The molecule has 6 nitrogen and oxygen atoms in total. The fourth-order valence-electron chi connectivity index (χ4n) is 6.97.